The first-order chi connectivity index (χ1) is 9.16. The second-order valence-corrected chi connectivity index (χ2v) is 2.95. The van der Waals surface area contributed by atoms with Gasteiger partial charge in [0.2, 0.25) is 0 Å². The minimum absolute atomic E-state index is 0.182. The molecule has 0 fully saturated rings. The predicted octanol–water partition coefficient (Wildman–Crippen LogP) is 4.64. The van der Waals surface area contributed by atoms with Gasteiger partial charge in [0.15, 0.2) is 5.96 Å². The second-order valence-electron chi connectivity index (χ2n) is 2.95. The molecule has 4 N–H and O–H groups in total. The van der Waals surface area contributed by atoms with E-state index in [0.717, 1.165) is 13.0 Å². The van der Waals surface area contributed by atoms with Crippen molar-refractivity contribution in [2.24, 2.45) is 16.5 Å². The molecule has 0 amide bonds. The number of hydrogen-bond acceptors (Lipinski definition) is 1. The number of guanidine groups is 1. The Kier molecular flexibility index (Phi) is 41.7. The van der Waals surface area contributed by atoms with Crippen molar-refractivity contribution >= 4 is 5.96 Å². The van der Waals surface area contributed by atoms with E-state index in [1.165, 1.54) is 12.0 Å². The Balaban J connectivity index is -0.0000000854. The molecule has 0 unspecified atom stereocenters. The maximum absolute atomic E-state index is 5.01. The zero-order chi connectivity index (χ0) is 16.1. The molecular weight excluding hydrogens is 234 g/mol. The third-order valence-electron chi connectivity index (χ3n) is 1.47. The van der Waals surface area contributed by atoms with Crippen LogP contribution >= 0.6 is 0 Å². The Morgan fingerprint density at radius 3 is 1.68 bits per heavy atom. The molecular formula is C16H37N3. The first-order valence-corrected chi connectivity index (χ1v) is 7.54. The molecule has 1 aliphatic carbocycles. The van der Waals surface area contributed by atoms with E-state index in [-0.39, 0.29) is 5.96 Å². The van der Waals surface area contributed by atoms with E-state index in [1.807, 2.05) is 48.5 Å². The highest BCUT2D eigenvalue weighted by Gasteiger charge is 1.86. The Morgan fingerprint density at radius 2 is 1.58 bits per heavy atom. The molecule has 0 aromatic heterocycles. The maximum atomic E-state index is 5.01. The number of nitrogens with two attached hydrogens (primary N) is 2. The van der Waals surface area contributed by atoms with Gasteiger partial charge in [-0.15, -0.1) is 0 Å². The molecule has 0 bridgehead atoms. The number of rotatable bonds is 2. The summed E-state index contributed by atoms with van der Waals surface area (Å²) in [4.78, 5) is 3.72. The molecule has 3 nitrogen and oxygen atoms in total. The van der Waals surface area contributed by atoms with Gasteiger partial charge in [-0.3, -0.25) is 4.99 Å². The van der Waals surface area contributed by atoms with Crippen molar-refractivity contribution in [2.75, 3.05) is 6.54 Å². The van der Waals surface area contributed by atoms with Gasteiger partial charge in [0, 0.05) is 6.54 Å². The number of hydrogen-bond donors (Lipinski definition) is 2. The first kappa shape index (κ1) is 26.3. The van der Waals surface area contributed by atoms with Crippen molar-refractivity contribution in [3.8, 4) is 0 Å². The Hall–Kier alpha value is -1.25. The highest BCUT2D eigenvalue weighted by molar-refractivity contribution is 5.75. The van der Waals surface area contributed by atoms with Crippen LogP contribution < -0.4 is 11.5 Å². The first-order valence-electron chi connectivity index (χ1n) is 7.54. The number of aliphatic imine (C=N–C) groups is 1. The average molecular weight is 271 g/mol. The van der Waals surface area contributed by atoms with E-state index in [4.69, 9.17) is 11.5 Å². The summed E-state index contributed by atoms with van der Waals surface area (Å²) in [6.07, 6.45) is 8.56. The Bertz CT molecular complexity index is 212. The third-order valence-corrected chi connectivity index (χ3v) is 1.47. The van der Waals surface area contributed by atoms with Crippen LogP contribution in [-0.2, 0) is 0 Å². The molecule has 0 saturated carbocycles. The molecule has 19 heavy (non-hydrogen) atoms. The van der Waals surface area contributed by atoms with Gasteiger partial charge in [0.25, 0.3) is 0 Å². The lowest BCUT2D eigenvalue weighted by Gasteiger charge is -1.86. The van der Waals surface area contributed by atoms with E-state index < -0.39 is 0 Å². The summed E-state index contributed by atoms with van der Waals surface area (Å²) >= 11 is 0. The van der Waals surface area contributed by atoms with E-state index in [0.29, 0.717) is 0 Å². The van der Waals surface area contributed by atoms with Crippen LogP contribution in [0.25, 0.3) is 0 Å². The standard InChI is InChI=1S/C6H8.C4H11N3.3C2H6/c1-6-4-2-3-5-6;1-2-3-7-4(5)6;3*1-2/h2-4H,5H2,1H3;2-3H2,1H3,(H4,5,6,7);3*1-2H3. The fourth-order valence-electron chi connectivity index (χ4n) is 0.795. The molecule has 0 aliphatic heterocycles. The summed E-state index contributed by atoms with van der Waals surface area (Å²) in [6, 6.07) is 0. The van der Waals surface area contributed by atoms with Crippen molar-refractivity contribution in [1.82, 2.24) is 0 Å². The molecule has 0 saturated heterocycles. The quantitative estimate of drug-likeness (QED) is 0.567. The van der Waals surface area contributed by atoms with Crippen LogP contribution in [0, 0.1) is 0 Å². The molecule has 1 rings (SSSR count). The molecule has 0 heterocycles. The highest BCUT2D eigenvalue weighted by Crippen LogP contribution is 2.06. The monoisotopic (exact) mass is 271 g/mol. The summed E-state index contributed by atoms with van der Waals surface area (Å²) in [6.45, 7) is 16.9. The largest absolute Gasteiger partial charge is 0.370 e. The van der Waals surface area contributed by atoms with E-state index in [1.54, 1.807) is 0 Å². The molecule has 1 aliphatic rings. The third kappa shape index (κ3) is 38.3. The second kappa shape index (κ2) is 30.1. The fraction of sp³-hybridized carbons (Fsp3) is 0.688. The molecule has 116 valence electrons. The fourth-order valence-corrected chi connectivity index (χ4v) is 0.795. The average Bonchev–Trinajstić information content (AvgIpc) is 2.95. The van der Waals surface area contributed by atoms with Gasteiger partial charge in [-0.2, -0.15) is 0 Å². The predicted molar refractivity (Wildman–Crippen MR) is 92.5 cm³/mol. The van der Waals surface area contributed by atoms with Crippen LogP contribution in [0.3, 0.4) is 0 Å². The summed E-state index contributed by atoms with van der Waals surface area (Å²) in [5.41, 5.74) is 11.5. The SMILES string of the molecule is CC.CC.CC.CC1=CC=CC1.CCCN=C(N)N. The van der Waals surface area contributed by atoms with E-state index in [9.17, 15) is 0 Å². The van der Waals surface area contributed by atoms with Gasteiger partial charge in [0.1, 0.15) is 0 Å². The lowest BCUT2D eigenvalue weighted by molar-refractivity contribution is 0.927. The van der Waals surface area contributed by atoms with Crippen LogP contribution in [0.2, 0.25) is 0 Å². The smallest absolute Gasteiger partial charge is 0.185 e. The number of nitrogens with zero attached hydrogens (tertiary/aromatic N) is 1. The van der Waals surface area contributed by atoms with Crippen LogP contribution in [-0.4, -0.2) is 12.5 Å². The van der Waals surface area contributed by atoms with Gasteiger partial charge in [-0.05, 0) is 19.8 Å². The molecule has 0 spiro atoms. The normalized spacial score (nSPS) is 9.79. The van der Waals surface area contributed by atoms with Crippen LogP contribution in [0.4, 0.5) is 0 Å². The van der Waals surface area contributed by atoms with Gasteiger partial charge in [-0.25, -0.2) is 0 Å². The Labute approximate surface area is 121 Å². The molecule has 0 aromatic carbocycles. The highest BCUT2D eigenvalue weighted by atomic mass is 15.0. The van der Waals surface area contributed by atoms with E-state index >= 15 is 0 Å². The molecule has 0 aromatic rings. The van der Waals surface area contributed by atoms with Gasteiger partial charge >= 0.3 is 0 Å². The van der Waals surface area contributed by atoms with Crippen molar-refractivity contribution in [3.63, 3.8) is 0 Å². The maximum Gasteiger partial charge on any atom is 0.185 e. The van der Waals surface area contributed by atoms with Crippen LogP contribution in [0.1, 0.15) is 68.2 Å². The van der Waals surface area contributed by atoms with Crippen molar-refractivity contribution in [1.29, 1.82) is 0 Å². The van der Waals surface area contributed by atoms with Gasteiger partial charge in [-0.1, -0.05) is 72.3 Å². The summed E-state index contributed by atoms with van der Waals surface area (Å²) in [5, 5.41) is 0. The lowest BCUT2D eigenvalue weighted by atomic mass is 10.3. The van der Waals surface area contributed by atoms with E-state index in [2.05, 4.69) is 30.1 Å². The zero-order valence-corrected chi connectivity index (χ0v) is 14.5. The lowest BCUT2D eigenvalue weighted by Crippen LogP contribution is -2.22. The Morgan fingerprint density at radius 1 is 1.11 bits per heavy atom. The van der Waals surface area contributed by atoms with Crippen LogP contribution in [0.5, 0.6) is 0 Å². The van der Waals surface area contributed by atoms with Crippen molar-refractivity contribution < 1.29 is 0 Å². The number of allylic oxidation sites excluding steroid dienone is 4. The van der Waals surface area contributed by atoms with Crippen LogP contribution in [0.15, 0.2) is 28.8 Å². The van der Waals surface area contributed by atoms with Gasteiger partial charge < -0.3 is 11.5 Å². The summed E-state index contributed by atoms with van der Waals surface area (Å²) in [5.74, 6) is 0.182. The molecule has 0 radical (unpaired) electrons. The minimum Gasteiger partial charge on any atom is -0.370 e. The molecule has 3 heteroatoms. The minimum atomic E-state index is 0.182. The summed E-state index contributed by atoms with van der Waals surface area (Å²) in [7, 11) is 0. The summed E-state index contributed by atoms with van der Waals surface area (Å²) < 4.78 is 0. The topological polar surface area (TPSA) is 64.4 Å². The zero-order valence-electron chi connectivity index (χ0n) is 14.5. The van der Waals surface area contributed by atoms with Gasteiger partial charge in [0.05, 0.1) is 0 Å². The van der Waals surface area contributed by atoms with Crippen molar-refractivity contribution in [2.45, 2.75) is 68.2 Å². The van der Waals surface area contributed by atoms with Crippen molar-refractivity contribution in [3.05, 3.63) is 23.8 Å². The molecule has 0 atom stereocenters.